The van der Waals surface area contributed by atoms with Crippen LogP contribution in [-0.4, -0.2) is 11.0 Å². The minimum Gasteiger partial charge on any atom is -0.327 e. The van der Waals surface area contributed by atoms with Crippen molar-refractivity contribution >= 4 is 22.9 Å². The Morgan fingerprint density at radius 1 is 1.14 bits per heavy atom. The molecule has 29 heavy (non-hydrogen) atoms. The normalized spacial score (nSPS) is 16.2. The van der Waals surface area contributed by atoms with E-state index in [4.69, 9.17) is 5.26 Å². The summed E-state index contributed by atoms with van der Waals surface area (Å²) in [4.78, 5) is 16.7. The summed E-state index contributed by atoms with van der Waals surface area (Å²) in [6.07, 6.45) is 0. The number of nitrogens with one attached hydrogen (secondary N) is 2. The predicted octanol–water partition coefficient (Wildman–Crippen LogP) is 4.75. The topological polar surface area (TPSA) is 77.8 Å². The van der Waals surface area contributed by atoms with Gasteiger partial charge in [-0.25, -0.2) is 18.6 Å². The van der Waals surface area contributed by atoms with E-state index in [1.165, 1.54) is 23.5 Å². The van der Waals surface area contributed by atoms with E-state index in [1.54, 1.807) is 31.2 Å². The first kappa shape index (κ1) is 18.8. The van der Waals surface area contributed by atoms with Gasteiger partial charge < -0.3 is 10.6 Å². The van der Waals surface area contributed by atoms with Crippen LogP contribution in [0.5, 0.6) is 0 Å². The molecule has 144 valence electrons. The summed E-state index contributed by atoms with van der Waals surface area (Å²) in [5, 5.41) is 16.8. The first-order valence-corrected chi connectivity index (χ1v) is 9.53. The molecule has 3 aromatic rings. The van der Waals surface area contributed by atoms with Gasteiger partial charge in [0.25, 0.3) is 0 Å². The van der Waals surface area contributed by atoms with Crippen LogP contribution in [0.4, 0.5) is 13.6 Å². The fourth-order valence-corrected chi connectivity index (χ4v) is 4.18. The van der Waals surface area contributed by atoms with Gasteiger partial charge in [-0.15, -0.1) is 11.3 Å². The highest BCUT2D eigenvalue weighted by molar-refractivity contribution is 7.11. The number of carbonyl (C=O) groups is 1. The van der Waals surface area contributed by atoms with Crippen LogP contribution in [0.3, 0.4) is 0 Å². The molecule has 0 saturated carbocycles. The van der Waals surface area contributed by atoms with Crippen molar-refractivity contribution in [1.82, 2.24) is 15.6 Å². The van der Waals surface area contributed by atoms with Crippen LogP contribution in [0.1, 0.15) is 29.1 Å². The Morgan fingerprint density at radius 2 is 1.83 bits per heavy atom. The second-order valence-electron chi connectivity index (χ2n) is 6.50. The van der Waals surface area contributed by atoms with Gasteiger partial charge in [-0.05, 0) is 36.8 Å². The molecule has 8 heteroatoms. The van der Waals surface area contributed by atoms with E-state index >= 15 is 0 Å². The van der Waals surface area contributed by atoms with Gasteiger partial charge >= 0.3 is 6.03 Å². The van der Waals surface area contributed by atoms with Crippen LogP contribution in [0.25, 0.3) is 16.8 Å². The van der Waals surface area contributed by atoms with Crippen molar-refractivity contribution in [3.63, 3.8) is 0 Å². The molecule has 0 radical (unpaired) electrons. The molecular formula is C21H14F2N4OS. The van der Waals surface area contributed by atoms with E-state index in [-0.39, 0.29) is 0 Å². The van der Waals surface area contributed by atoms with E-state index in [0.717, 1.165) is 11.6 Å². The standard InChI is InChI=1S/C21H14F2N4OS/c1-11-18(19(27-21(28)25-11)14-6-15(22)8-16(23)7-14)20-26-17(10-29-20)13-4-2-12(9-24)3-5-13/h2-8,10,19H,1H3,(H2,25,27,28). The fourth-order valence-electron chi connectivity index (χ4n) is 3.21. The lowest BCUT2D eigenvalue weighted by molar-refractivity contribution is 0.240. The fraction of sp³-hybridized carbons (Fsp3) is 0.0952. The van der Waals surface area contributed by atoms with Gasteiger partial charge in [0.1, 0.15) is 16.6 Å². The number of benzene rings is 2. The SMILES string of the molecule is CC1=C(c2nc(-c3ccc(C#N)cc3)cs2)C(c2cc(F)cc(F)c2)NC(=O)N1. The molecule has 1 atom stereocenters. The van der Waals surface area contributed by atoms with Gasteiger partial charge in [-0.1, -0.05) is 12.1 Å². The number of halogens is 2. The zero-order chi connectivity index (χ0) is 20.5. The summed E-state index contributed by atoms with van der Waals surface area (Å²) >= 11 is 1.36. The number of carbonyl (C=O) groups excluding carboxylic acids is 1. The number of urea groups is 1. The van der Waals surface area contributed by atoms with E-state index in [0.29, 0.717) is 33.1 Å². The van der Waals surface area contributed by atoms with Crippen molar-refractivity contribution in [2.24, 2.45) is 0 Å². The molecule has 2 N–H and O–H groups in total. The molecule has 0 fully saturated rings. The molecule has 1 unspecified atom stereocenters. The molecule has 1 aromatic heterocycles. The van der Waals surface area contributed by atoms with Gasteiger partial charge in [-0.3, -0.25) is 0 Å². The lowest BCUT2D eigenvalue weighted by Crippen LogP contribution is -2.43. The van der Waals surface area contributed by atoms with Gasteiger partial charge in [0.05, 0.1) is 23.4 Å². The van der Waals surface area contributed by atoms with Crippen LogP contribution in [0.2, 0.25) is 0 Å². The monoisotopic (exact) mass is 408 g/mol. The number of aromatic nitrogens is 1. The minimum absolute atomic E-state index is 0.293. The Morgan fingerprint density at radius 3 is 2.48 bits per heavy atom. The number of thiazole rings is 1. The second-order valence-corrected chi connectivity index (χ2v) is 7.36. The van der Waals surface area contributed by atoms with Crippen molar-refractivity contribution in [3.8, 4) is 17.3 Å². The highest BCUT2D eigenvalue weighted by Gasteiger charge is 2.30. The predicted molar refractivity (Wildman–Crippen MR) is 106 cm³/mol. The van der Waals surface area contributed by atoms with Gasteiger partial charge in [0.15, 0.2) is 0 Å². The van der Waals surface area contributed by atoms with E-state index < -0.39 is 23.7 Å². The molecule has 1 aliphatic rings. The molecule has 2 amide bonds. The van der Waals surface area contributed by atoms with Crippen molar-refractivity contribution in [1.29, 1.82) is 5.26 Å². The summed E-state index contributed by atoms with van der Waals surface area (Å²) in [7, 11) is 0. The highest BCUT2D eigenvalue weighted by Crippen LogP contribution is 2.37. The largest absolute Gasteiger partial charge is 0.327 e. The van der Waals surface area contributed by atoms with Crippen molar-refractivity contribution < 1.29 is 13.6 Å². The Kier molecular flexibility index (Phi) is 4.82. The first-order valence-electron chi connectivity index (χ1n) is 8.65. The van der Waals surface area contributed by atoms with E-state index in [1.807, 2.05) is 5.38 Å². The second kappa shape index (κ2) is 7.45. The van der Waals surface area contributed by atoms with Crippen molar-refractivity contribution in [2.75, 3.05) is 0 Å². The number of hydrogen-bond acceptors (Lipinski definition) is 4. The lowest BCUT2D eigenvalue weighted by atomic mass is 9.95. The number of nitriles is 1. The third-order valence-corrected chi connectivity index (χ3v) is 5.41. The molecular weight excluding hydrogens is 394 g/mol. The number of amides is 2. The summed E-state index contributed by atoms with van der Waals surface area (Å²) in [6.45, 7) is 1.72. The third kappa shape index (κ3) is 3.73. The lowest BCUT2D eigenvalue weighted by Gasteiger charge is -2.28. The van der Waals surface area contributed by atoms with Gasteiger partial charge in [-0.2, -0.15) is 5.26 Å². The molecule has 0 bridgehead atoms. The van der Waals surface area contributed by atoms with Crippen LogP contribution >= 0.6 is 11.3 Å². The molecule has 2 heterocycles. The molecule has 1 aliphatic heterocycles. The van der Waals surface area contributed by atoms with E-state index in [2.05, 4.69) is 21.7 Å². The van der Waals surface area contributed by atoms with Gasteiger partial charge in [0.2, 0.25) is 0 Å². The molecule has 5 nitrogen and oxygen atoms in total. The number of allylic oxidation sites excluding steroid dienone is 1. The molecule has 0 spiro atoms. The molecule has 2 aromatic carbocycles. The molecule has 4 rings (SSSR count). The molecule has 0 saturated heterocycles. The Balaban J connectivity index is 1.76. The van der Waals surface area contributed by atoms with Crippen LogP contribution in [0.15, 0.2) is 53.5 Å². The van der Waals surface area contributed by atoms with Crippen LogP contribution < -0.4 is 10.6 Å². The smallest absolute Gasteiger partial charge is 0.319 e. The third-order valence-electron chi connectivity index (χ3n) is 4.53. The summed E-state index contributed by atoms with van der Waals surface area (Å²) in [6, 6.07) is 11.1. The minimum atomic E-state index is -0.742. The Bertz CT molecular complexity index is 1160. The maximum atomic E-state index is 13.8. The summed E-state index contributed by atoms with van der Waals surface area (Å²) < 4.78 is 27.5. The zero-order valence-electron chi connectivity index (χ0n) is 15.2. The maximum absolute atomic E-state index is 13.8. The number of nitrogens with zero attached hydrogens (tertiary/aromatic N) is 2. The van der Waals surface area contributed by atoms with Crippen molar-refractivity contribution in [2.45, 2.75) is 13.0 Å². The maximum Gasteiger partial charge on any atom is 0.319 e. The average molecular weight is 408 g/mol. The highest BCUT2D eigenvalue weighted by atomic mass is 32.1. The van der Waals surface area contributed by atoms with Gasteiger partial charge in [0, 0.05) is 28.3 Å². The quantitative estimate of drug-likeness (QED) is 0.657. The Labute approximate surface area is 169 Å². The molecule has 0 aliphatic carbocycles. The first-order chi connectivity index (χ1) is 13.9. The number of hydrogen-bond donors (Lipinski definition) is 2. The average Bonchev–Trinajstić information content (AvgIpc) is 3.16. The zero-order valence-corrected chi connectivity index (χ0v) is 16.0. The summed E-state index contributed by atoms with van der Waals surface area (Å²) in [5.41, 5.74) is 3.59. The summed E-state index contributed by atoms with van der Waals surface area (Å²) in [5.74, 6) is -1.44. The van der Waals surface area contributed by atoms with Crippen molar-refractivity contribution in [3.05, 3.63) is 81.3 Å². The van der Waals surface area contributed by atoms with E-state index in [9.17, 15) is 13.6 Å². The number of rotatable bonds is 3. The van der Waals surface area contributed by atoms with Crippen LogP contribution in [-0.2, 0) is 0 Å². The van der Waals surface area contributed by atoms with Crippen LogP contribution in [0, 0.1) is 23.0 Å². The Hall–Kier alpha value is -3.57.